The molecular weight excluding hydrogens is 470 g/mol. The second-order valence-electron chi connectivity index (χ2n) is 7.98. The fourth-order valence-corrected chi connectivity index (χ4v) is 4.06. The number of amides is 1. The Balaban J connectivity index is 2.11. The van der Waals surface area contributed by atoms with E-state index in [1.807, 2.05) is 0 Å². The summed E-state index contributed by atoms with van der Waals surface area (Å²) in [5, 5.41) is 32.6. The number of methoxy groups -OCH3 is 1. The minimum Gasteiger partial charge on any atom is -0.619 e. The number of carbonyl (C=O) groups is 1. The van der Waals surface area contributed by atoms with E-state index in [1.54, 1.807) is 0 Å². The highest BCUT2D eigenvalue weighted by molar-refractivity contribution is 6.60. The molecule has 0 saturated carbocycles. The number of rotatable bonds is 5. The molecule has 1 fully saturated rings. The van der Waals surface area contributed by atoms with E-state index < -0.39 is 65.6 Å². The Morgan fingerprint density at radius 1 is 1.29 bits per heavy atom. The van der Waals surface area contributed by atoms with Gasteiger partial charge < -0.3 is 30.0 Å². The molecule has 184 valence electrons. The fourth-order valence-electron chi connectivity index (χ4n) is 4.06. The molecule has 1 aromatic heterocycles. The average Bonchev–Trinajstić information content (AvgIpc) is 3.03. The molecule has 1 aromatic carbocycles. The lowest BCUT2D eigenvalue weighted by Crippen LogP contribution is -2.47. The molecule has 1 amide bonds. The van der Waals surface area contributed by atoms with Gasteiger partial charge in [-0.05, 0) is 13.0 Å². The third kappa shape index (κ3) is 4.28. The molecule has 0 unspecified atom stereocenters. The SMILES string of the molecule is COc1c([C@H]2[C@H](C(=O)Nc3cc[n+]([O-])cc3B(O)O)O[C@@](C)(C(F)(F)F)[C@H]2C)ccc(F)c1F. The summed E-state index contributed by atoms with van der Waals surface area (Å²) in [6, 6.07) is 2.71. The van der Waals surface area contributed by atoms with Gasteiger partial charge in [-0.3, -0.25) is 4.79 Å². The molecule has 14 heteroatoms. The van der Waals surface area contributed by atoms with Gasteiger partial charge in [0.15, 0.2) is 29.6 Å². The number of hydrogen-bond acceptors (Lipinski definition) is 6. The molecule has 0 aliphatic carbocycles. The van der Waals surface area contributed by atoms with Gasteiger partial charge >= 0.3 is 13.3 Å². The van der Waals surface area contributed by atoms with Crippen LogP contribution in [-0.4, -0.2) is 48.1 Å². The van der Waals surface area contributed by atoms with E-state index in [0.29, 0.717) is 6.07 Å². The van der Waals surface area contributed by atoms with E-state index in [2.05, 4.69) is 5.32 Å². The average molecular weight is 490 g/mol. The van der Waals surface area contributed by atoms with Gasteiger partial charge in [0.1, 0.15) is 6.10 Å². The lowest BCUT2D eigenvalue weighted by atomic mass is 9.76. The number of carbonyl (C=O) groups excluding carboxylic acids is 1. The smallest absolute Gasteiger partial charge is 0.496 e. The van der Waals surface area contributed by atoms with Gasteiger partial charge in [-0.25, -0.2) is 4.39 Å². The molecule has 4 atom stereocenters. The van der Waals surface area contributed by atoms with Gasteiger partial charge in [-0.2, -0.15) is 22.3 Å². The Hall–Kier alpha value is -2.97. The van der Waals surface area contributed by atoms with Crippen molar-refractivity contribution in [2.75, 3.05) is 12.4 Å². The van der Waals surface area contributed by atoms with E-state index in [9.17, 15) is 42.0 Å². The van der Waals surface area contributed by atoms with E-state index >= 15 is 0 Å². The Kier molecular flexibility index (Phi) is 6.79. The number of aromatic nitrogens is 1. The molecule has 0 bridgehead atoms. The van der Waals surface area contributed by atoms with Crippen LogP contribution in [0.5, 0.6) is 5.75 Å². The quantitative estimate of drug-likeness (QED) is 0.253. The number of halogens is 5. The Labute approximate surface area is 190 Å². The fraction of sp³-hybridized carbons (Fsp3) is 0.400. The highest BCUT2D eigenvalue weighted by Gasteiger charge is 2.66. The Morgan fingerprint density at radius 2 is 1.94 bits per heavy atom. The van der Waals surface area contributed by atoms with Crippen LogP contribution in [0.2, 0.25) is 0 Å². The molecule has 34 heavy (non-hydrogen) atoms. The first-order chi connectivity index (χ1) is 15.7. The van der Waals surface area contributed by atoms with Gasteiger partial charge in [-0.15, -0.1) is 0 Å². The molecular formula is C20H20BF5N2O6. The minimum atomic E-state index is -4.95. The van der Waals surface area contributed by atoms with Gasteiger partial charge in [0.05, 0.1) is 18.3 Å². The van der Waals surface area contributed by atoms with Crippen molar-refractivity contribution in [3.05, 3.63) is 53.0 Å². The van der Waals surface area contributed by atoms with Crippen LogP contribution in [0.1, 0.15) is 25.3 Å². The molecule has 1 aliphatic heterocycles. The molecule has 2 aromatic rings. The third-order valence-electron chi connectivity index (χ3n) is 6.07. The lowest BCUT2D eigenvalue weighted by Gasteiger charge is -2.32. The summed E-state index contributed by atoms with van der Waals surface area (Å²) in [5.41, 5.74) is -3.80. The molecule has 0 spiro atoms. The zero-order valence-electron chi connectivity index (χ0n) is 18.1. The van der Waals surface area contributed by atoms with Crippen LogP contribution in [0, 0.1) is 22.8 Å². The normalized spacial score (nSPS) is 24.7. The summed E-state index contributed by atoms with van der Waals surface area (Å²) in [5.74, 6) is -7.49. The van der Waals surface area contributed by atoms with Crippen LogP contribution < -0.4 is 20.2 Å². The van der Waals surface area contributed by atoms with E-state index in [-0.39, 0.29) is 16.0 Å². The van der Waals surface area contributed by atoms with Crippen molar-refractivity contribution in [1.29, 1.82) is 0 Å². The number of alkyl halides is 3. The van der Waals surface area contributed by atoms with Crippen LogP contribution in [0.4, 0.5) is 27.6 Å². The summed E-state index contributed by atoms with van der Waals surface area (Å²) in [6.07, 6.45) is -5.17. The first-order valence-electron chi connectivity index (χ1n) is 9.89. The minimum absolute atomic E-state index is 0.217. The topological polar surface area (TPSA) is 115 Å². The van der Waals surface area contributed by atoms with Crippen LogP contribution in [0.15, 0.2) is 30.6 Å². The predicted molar refractivity (Wildman–Crippen MR) is 108 cm³/mol. The van der Waals surface area contributed by atoms with Crippen LogP contribution in [-0.2, 0) is 9.53 Å². The first kappa shape index (κ1) is 25.7. The maximum Gasteiger partial charge on any atom is 0.496 e. The number of nitrogens with zero attached hydrogens (tertiary/aromatic N) is 1. The number of ether oxygens (including phenoxy) is 2. The molecule has 1 saturated heterocycles. The second kappa shape index (κ2) is 9.00. The Bertz CT molecular complexity index is 1100. The number of hydrogen-bond donors (Lipinski definition) is 3. The number of benzene rings is 1. The maximum absolute atomic E-state index is 14.4. The molecule has 0 radical (unpaired) electrons. The van der Waals surface area contributed by atoms with Crippen molar-refractivity contribution in [3.8, 4) is 5.75 Å². The van der Waals surface area contributed by atoms with Gasteiger partial charge in [-0.1, -0.05) is 13.0 Å². The second-order valence-corrected chi connectivity index (χ2v) is 7.98. The number of nitrogens with one attached hydrogen (secondary N) is 1. The summed E-state index contributed by atoms with van der Waals surface area (Å²) < 4.78 is 80.3. The maximum atomic E-state index is 14.4. The number of anilines is 1. The van der Waals surface area contributed by atoms with Crippen LogP contribution in [0.3, 0.4) is 0 Å². The zero-order valence-corrected chi connectivity index (χ0v) is 18.1. The van der Waals surface area contributed by atoms with Gasteiger partial charge in [0, 0.05) is 23.5 Å². The molecule has 3 rings (SSSR count). The van der Waals surface area contributed by atoms with Crippen molar-refractivity contribution in [2.45, 2.75) is 37.6 Å². The molecule has 3 N–H and O–H groups in total. The summed E-state index contributed by atoms with van der Waals surface area (Å²) >= 11 is 0. The molecule has 8 nitrogen and oxygen atoms in total. The highest BCUT2D eigenvalue weighted by Crippen LogP contribution is 2.54. The highest BCUT2D eigenvalue weighted by atomic mass is 19.4. The van der Waals surface area contributed by atoms with Crippen molar-refractivity contribution >= 4 is 24.2 Å². The third-order valence-corrected chi connectivity index (χ3v) is 6.07. The monoisotopic (exact) mass is 490 g/mol. The standard InChI is InChI=1S/C20H20BF5N2O6/c1-9-14(10-4-5-12(22)15(23)16(10)33-3)17(34-19(9,2)20(24,25)26)18(29)27-13-6-7-28(32)8-11(13)21(30)31/h4-9,14,17,30-31H,1-3H3,(H,27,29)/t9-,14-,17+,19+/m0/s1. The van der Waals surface area contributed by atoms with Crippen molar-refractivity contribution in [3.63, 3.8) is 0 Å². The van der Waals surface area contributed by atoms with E-state index in [0.717, 1.165) is 45.5 Å². The van der Waals surface area contributed by atoms with E-state index in [4.69, 9.17) is 9.47 Å². The van der Waals surface area contributed by atoms with Crippen molar-refractivity contribution in [1.82, 2.24) is 0 Å². The zero-order chi connectivity index (χ0) is 25.6. The lowest BCUT2D eigenvalue weighted by molar-refractivity contribution is -0.604. The van der Waals surface area contributed by atoms with E-state index in [1.165, 1.54) is 0 Å². The van der Waals surface area contributed by atoms with Crippen LogP contribution >= 0.6 is 0 Å². The van der Waals surface area contributed by atoms with Crippen LogP contribution in [0.25, 0.3) is 0 Å². The summed E-state index contributed by atoms with van der Waals surface area (Å²) in [7, 11) is -1.20. The predicted octanol–water partition coefficient (Wildman–Crippen LogP) is 1.36. The van der Waals surface area contributed by atoms with Gasteiger partial charge in [0.25, 0.3) is 5.91 Å². The summed E-state index contributed by atoms with van der Waals surface area (Å²) in [4.78, 5) is 13.1. The van der Waals surface area contributed by atoms with Crippen molar-refractivity contribution < 1.29 is 51.0 Å². The molecule has 1 aliphatic rings. The van der Waals surface area contributed by atoms with Crippen molar-refractivity contribution in [2.24, 2.45) is 5.92 Å². The Morgan fingerprint density at radius 3 is 2.50 bits per heavy atom. The first-order valence-corrected chi connectivity index (χ1v) is 9.89. The summed E-state index contributed by atoms with van der Waals surface area (Å²) in [6.45, 7) is 1.88. The van der Waals surface area contributed by atoms with Gasteiger partial charge in [0.2, 0.25) is 5.82 Å². The number of pyridine rings is 1. The molecule has 2 heterocycles. The largest absolute Gasteiger partial charge is 0.619 e.